The number of carbonyl (C=O) groups is 1. The van der Waals surface area contributed by atoms with Crippen LogP contribution < -0.4 is 0 Å². The van der Waals surface area contributed by atoms with Crippen LogP contribution in [-0.2, 0) is 28.3 Å². The minimum atomic E-state index is -4.01. The van der Waals surface area contributed by atoms with E-state index in [2.05, 4.69) is 10.8 Å². The Morgan fingerprint density at radius 1 is 1.41 bits per heavy atom. The summed E-state index contributed by atoms with van der Waals surface area (Å²) in [6.07, 6.45) is 1.25. The van der Waals surface area contributed by atoms with Gasteiger partial charge in [0.25, 0.3) is 0 Å². The third-order valence-electron chi connectivity index (χ3n) is 1.70. The van der Waals surface area contributed by atoms with Crippen molar-refractivity contribution in [2.75, 3.05) is 13.2 Å². The van der Waals surface area contributed by atoms with Gasteiger partial charge in [0.15, 0.2) is 0 Å². The zero-order valence-electron chi connectivity index (χ0n) is 10.3. The first kappa shape index (κ1) is 16.1. The van der Waals surface area contributed by atoms with E-state index in [1.165, 1.54) is 0 Å². The van der Waals surface area contributed by atoms with E-state index in [1.54, 1.807) is 20.8 Å². The first-order valence-electron chi connectivity index (χ1n) is 5.11. The molecule has 6 nitrogen and oxygen atoms in total. The van der Waals surface area contributed by atoms with Crippen LogP contribution in [0.25, 0.3) is 0 Å². The Kier molecular flexibility index (Phi) is 6.36. The number of rotatable bonds is 8. The molecule has 0 N–H and O–H groups in total. The monoisotopic (exact) mass is 266 g/mol. The quantitative estimate of drug-likeness (QED) is 0.485. The van der Waals surface area contributed by atoms with Crippen molar-refractivity contribution in [1.82, 2.24) is 0 Å². The Morgan fingerprint density at radius 3 is 2.47 bits per heavy atom. The number of hydrogen-bond acceptors (Lipinski definition) is 6. The summed E-state index contributed by atoms with van der Waals surface area (Å²) in [5, 5.41) is 0. The van der Waals surface area contributed by atoms with Crippen LogP contribution in [-0.4, -0.2) is 33.2 Å². The zero-order chi connectivity index (χ0) is 13.5. The van der Waals surface area contributed by atoms with E-state index in [1.807, 2.05) is 0 Å². The lowest BCUT2D eigenvalue weighted by Gasteiger charge is -2.23. The van der Waals surface area contributed by atoms with Crippen molar-refractivity contribution in [3.63, 3.8) is 0 Å². The van der Waals surface area contributed by atoms with E-state index in [4.69, 9.17) is 8.92 Å². The highest BCUT2D eigenvalue weighted by molar-refractivity contribution is 7.81. The van der Waals surface area contributed by atoms with Crippen LogP contribution in [0.1, 0.15) is 27.2 Å². The Hall–Kier alpha value is -0.920. The third kappa shape index (κ3) is 7.89. The average molecular weight is 266 g/mol. The average Bonchev–Trinajstić information content (AvgIpc) is 2.14. The topological polar surface area (TPSA) is 78.9 Å². The number of hydrogen-bond donors (Lipinski definition) is 0. The van der Waals surface area contributed by atoms with Crippen molar-refractivity contribution in [3.05, 3.63) is 12.7 Å². The molecule has 100 valence electrons. The van der Waals surface area contributed by atoms with Gasteiger partial charge < -0.3 is 4.74 Å². The molecular weight excluding hydrogens is 248 g/mol. The van der Waals surface area contributed by atoms with Crippen molar-refractivity contribution >= 4 is 16.4 Å². The number of ether oxygens (including phenoxy) is 1. The molecule has 0 atom stereocenters. The van der Waals surface area contributed by atoms with Gasteiger partial charge in [-0.1, -0.05) is 6.58 Å². The maximum Gasteiger partial charge on any atom is 0.400 e. The van der Waals surface area contributed by atoms with Gasteiger partial charge in [-0.2, -0.15) is 8.42 Å². The molecule has 0 aromatic heterocycles. The summed E-state index contributed by atoms with van der Waals surface area (Å²) >= 11 is 0. The van der Waals surface area contributed by atoms with Crippen LogP contribution in [0.3, 0.4) is 0 Å². The maximum absolute atomic E-state index is 11.2. The molecule has 0 heterocycles. The first-order chi connectivity index (χ1) is 7.72. The molecule has 0 amide bonds. The second kappa shape index (κ2) is 6.73. The van der Waals surface area contributed by atoms with Crippen molar-refractivity contribution in [3.8, 4) is 0 Å². The van der Waals surface area contributed by atoms with Crippen LogP contribution >= 0.6 is 0 Å². The fourth-order valence-corrected chi connectivity index (χ4v) is 1.92. The van der Waals surface area contributed by atoms with E-state index < -0.39 is 22.0 Å². The molecule has 0 aliphatic carbocycles. The summed E-state index contributed by atoms with van der Waals surface area (Å²) in [6, 6.07) is 0. The molecule has 0 saturated carbocycles. The molecule has 0 radical (unpaired) electrons. The molecule has 0 bridgehead atoms. The second-order valence-electron chi connectivity index (χ2n) is 3.78. The van der Waals surface area contributed by atoms with Crippen LogP contribution in [0.5, 0.6) is 0 Å². The molecule has 0 rings (SSSR count). The fourth-order valence-electron chi connectivity index (χ4n) is 0.943. The Morgan fingerprint density at radius 2 is 2.00 bits per heavy atom. The Balaban J connectivity index is 4.20. The first-order valence-corrected chi connectivity index (χ1v) is 6.45. The normalized spacial score (nSPS) is 12.2. The lowest BCUT2D eigenvalue weighted by Crippen LogP contribution is -2.30. The van der Waals surface area contributed by atoms with Crippen molar-refractivity contribution in [1.29, 1.82) is 0 Å². The largest absolute Gasteiger partial charge is 0.462 e. The predicted octanol–water partition coefficient (Wildman–Crippen LogP) is 1.18. The summed E-state index contributed by atoms with van der Waals surface area (Å²) in [6.45, 7) is 7.95. The van der Waals surface area contributed by atoms with E-state index in [9.17, 15) is 13.2 Å². The van der Waals surface area contributed by atoms with Gasteiger partial charge in [-0.25, -0.2) is 13.2 Å². The van der Waals surface area contributed by atoms with Crippen LogP contribution in [0, 0.1) is 0 Å². The van der Waals surface area contributed by atoms with Gasteiger partial charge in [-0.3, -0.25) is 0 Å². The van der Waals surface area contributed by atoms with Gasteiger partial charge in [0.05, 0.1) is 18.8 Å². The highest BCUT2D eigenvalue weighted by Crippen LogP contribution is 2.18. The van der Waals surface area contributed by atoms with Gasteiger partial charge in [0, 0.05) is 12.5 Å². The minimum absolute atomic E-state index is 0.00383. The smallest absolute Gasteiger partial charge is 0.400 e. The molecule has 7 heteroatoms. The molecule has 0 aliphatic rings. The molecule has 0 aliphatic heterocycles. The summed E-state index contributed by atoms with van der Waals surface area (Å²) in [5.41, 5.74) is -1.00. The van der Waals surface area contributed by atoms with E-state index in [0.29, 0.717) is 0 Å². The van der Waals surface area contributed by atoms with Crippen LogP contribution in [0.15, 0.2) is 12.7 Å². The Bertz CT molecular complexity index is 357. The van der Waals surface area contributed by atoms with Gasteiger partial charge in [0.1, 0.15) is 0 Å². The predicted molar refractivity (Wildman–Crippen MR) is 61.5 cm³/mol. The van der Waals surface area contributed by atoms with E-state index >= 15 is 0 Å². The SMILES string of the molecule is C=CC(=O)OCCC(C)(C)OS(=O)(=O)OCC. The zero-order valence-corrected chi connectivity index (χ0v) is 11.1. The van der Waals surface area contributed by atoms with Gasteiger partial charge in [0.2, 0.25) is 0 Å². The second-order valence-corrected chi connectivity index (χ2v) is 5.00. The number of esters is 1. The van der Waals surface area contributed by atoms with Crippen molar-refractivity contribution in [2.24, 2.45) is 0 Å². The highest BCUT2D eigenvalue weighted by atomic mass is 32.3. The van der Waals surface area contributed by atoms with Crippen molar-refractivity contribution < 1.29 is 26.3 Å². The summed E-state index contributed by atoms with van der Waals surface area (Å²) in [4.78, 5) is 10.8. The number of carbonyl (C=O) groups excluding carboxylic acids is 1. The molecular formula is C10H18O6S. The summed E-state index contributed by atoms with van der Waals surface area (Å²) < 4.78 is 36.4. The standard InChI is InChI=1S/C10H18O6S/c1-5-9(11)14-8-7-10(3,4)16-17(12,13)15-6-2/h5H,1,6-8H2,2-4H3. The molecule has 0 saturated heterocycles. The van der Waals surface area contributed by atoms with E-state index in [-0.39, 0.29) is 19.6 Å². The molecule has 0 aromatic carbocycles. The summed E-state index contributed by atoms with van der Waals surface area (Å²) in [5.74, 6) is -0.562. The molecule has 0 unspecified atom stereocenters. The highest BCUT2D eigenvalue weighted by Gasteiger charge is 2.27. The molecule has 0 fully saturated rings. The molecule has 0 spiro atoms. The minimum Gasteiger partial charge on any atom is -0.462 e. The third-order valence-corrected chi connectivity index (χ3v) is 2.88. The van der Waals surface area contributed by atoms with Crippen LogP contribution in [0.2, 0.25) is 0 Å². The van der Waals surface area contributed by atoms with Gasteiger partial charge in [-0.05, 0) is 20.8 Å². The van der Waals surface area contributed by atoms with E-state index in [0.717, 1.165) is 6.08 Å². The molecule has 17 heavy (non-hydrogen) atoms. The summed E-state index contributed by atoms with van der Waals surface area (Å²) in [7, 11) is -4.01. The lowest BCUT2D eigenvalue weighted by molar-refractivity contribution is -0.138. The van der Waals surface area contributed by atoms with Gasteiger partial charge >= 0.3 is 16.4 Å². The van der Waals surface area contributed by atoms with Crippen molar-refractivity contribution in [2.45, 2.75) is 32.8 Å². The fraction of sp³-hybridized carbons (Fsp3) is 0.700. The lowest BCUT2D eigenvalue weighted by atomic mass is 10.1. The Labute approximate surface area is 102 Å². The maximum atomic E-state index is 11.2. The molecule has 0 aromatic rings. The van der Waals surface area contributed by atoms with Crippen LogP contribution in [0.4, 0.5) is 0 Å². The van der Waals surface area contributed by atoms with Gasteiger partial charge in [-0.15, -0.1) is 0 Å².